The molecule has 0 fully saturated rings. The lowest BCUT2D eigenvalue weighted by Crippen LogP contribution is -2.41. The van der Waals surface area contributed by atoms with Gasteiger partial charge < -0.3 is 4.90 Å². The van der Waals surface area contributed by atoms with Gasteiger partial charge in [0.15, 0.2) is 5.78 Å². The highest BCUT2D eigenvalue weighted by Gasteiger charge is 2.40. The molecule has 88 valence electrons. The molecule has 0 N–H and O–H groups in total. The van der Waals surface area contributed by atoms with Gasteiger partial charge in [-0.2, -0.15) is 0 Å². The molecule has 0 bridgehead atoms. The molecule has 1 heterocycles. The van der Waals surface area contributed by atoms with E-state index in [4.69, 9.17) is 0 Å². The number of carbonyl (C=O) groups excluding carboxylic acids is 2. The number of ketones is 1. The average molecular weight is 229 g/mol. The molecule has 1 amide bonds. The Bertz CT molecular complexity index is 519. The summed E-state index contributed by atoms with van der Waals surface area (Å²) in [6.45, 7) is 4.02. The van der Waals surface area contributed by atoms with Gasteiger partial charge in [-0.1, -0.05) is 12.1 Å². The number of nitrogens with zero attached hydrogens (tertiary/aromatic N) is 1. The Morgan fingerprint density at radius 2 is 2.00 bits per heavy atom. The van der Waals surface area contributed by atoms with Crippen LogP contribution in [-0.2, 0) is 4.79 Å². The summed E-state index contributed by atoms with van der Waals surface area (Å²) in [5.41, 5.74) is 2.88. The SMILES string of the molecule is CC(C)N1C(=O)CC2CC(=O)c3cccc1c32. The Hall–Kier alpha value is -1.64. The summed E-state index contributed by atoms with van der Waals surface area (Å²) in [5.74, 6) is 0.450. The molecular formula is C14H15NO2. The quantitative estimate of drug-likeness (QED) is 0.742. The highest BCUT2D eigenvalue weighted by atomic mass is 16.2. The second-order valence-corrected chi connectivity index (χ2v) is 5.12. The monoisotopic (exact) mass is 229 g/mol. The first-order chi connectivity index (χ1) is 8.09. The summed E-state index contributed by atoms with van der Waals surface area (Å²) in [6, 6.07) is 5.87. The molecule has 0 saturated heterocycles. The molecule has 3 rings (SSSR count). The van der Waals surface area contributed by atoms with Gasteiger partial charge in [-0.3, -0.25) is 9.59 Å². The van der Waals surface area contributed by atoms with Crippen LogP contribution < -0.4 is 4.90 Å². The fourth-order valence-electron chi connectivity index (χ4n) is 3.05. The summed E-state index contributed by atoms with van der Waals surface area (Å²) in [4.78, 5) is 25.8. The Labute approximate surface area is 100 Å². The number of Topliss-reactive ketones (excluding diaryl/α,β-unsaturated/α-hetero) is 1. The molecule has 0 spiro atoms. The zero-order chi connectivity index (χ0) is 12.2. The van der Waals surface area contributed by atoms with E-state index in [2.05, 4.69) is 0 Å². The predicted octanol–water partition coefficient (Wildman–Crippen LogP) is 2.50. The fraction of sp³-hybridized carbons (Fsp3) is 0.429. The first-order valence-corrected chi connectivity index (χ1v) is 6.07. The highest BCUT2D eigenvalue weighted by Crippen LogP contribution is 2.45. The van der Waals surface area contributed by atoms with E-state index in [1.807, 2.05) is 36.9 Å². The van der Waals surface area contributed by atoms with Gasteiger partial charge in [0.25, 0.3) is 0 Å². The molecule has 2 aliphatic rings. The summed E-state index contributed by atoms with van der Waals surface area (Å²) in [5, 5.41) is 0. The molecule has 0 radical (unpaired) electrons. The van der Waals surface area contributed by atoms with Crippen LogP contribution in [0.2, 0.25) is 0 Å². The predicted molar refractivity (Wildman–Crippen MR) is 65.4 cm³/mol. The summed E-state index contributed by atoms with van der Waals surface area (Å²) >= 11 is 0. The molecule has 3 nitrogen and oxygen atoms in total. The highest BCUT2D eigenvalue weighted by molar-refractivity contribution is 6.08. The smallest absolute Gasteiger partial charge is 0.227 e. The second kappa shape index (κ2) is 3.42. The van der Waals surface area contributed by atoms with Gasteiger partial charge in [0, 0.05) is 36.1 Å². The molecule has 0 saturated carbocycles. The molecule has 1 unspecified atom stereocenters. The third-order valence-corrected chi connectivity index (χ3v) is 3.69. The summed E-state index contributed by atoms with van der Waals surface area (Å²) in [6.07, 6.45) is 0.984. The van der Waals surface area contributed by atoms with Crippen molar-refractivity contribution >= 4 is 17.4 Å². The zero-order valence-corrected chi connectivity index (χ0v) is 10.1. The molecule has 1 aromatic carbocycles. The number of hydrogen-bond acceptors (Lipinski definition) is 2. The fourth-order valence-corrected chi connectivity index (χ4v) is 3.05. The van der Waals surface area contributed by atoms with Crippen molar-refractivity contribution in [3.63, 3.8) is 0 Å². The van der Waals surface area contributed by atoms with E-state index in [1.54, 1.807) is 0 Å². The Morgan fingerprint density at radius 3 is 2.71 bits per heavy atom. The zero-order valence-electron chi connectivity index (χ0n) is 10.1. The van der Waals surface area contributed by atoms with Crippen LogP contribution in [-0.4, -0.2) is 17.7 Å². The number of anilines is 1. The number of amides is 1. The Balaban J connectivity index is 2.23. The lowest BCUT2D eigenvalue weighted by atomic mass is 9.90. The van der Waals surface area contributed by atoms with Crippen molar-refractivity contribution in [1.82, 2.24) is 0 Å². The van der Waals surface area contributed by atoms with Gasteiger partial charge in [0.2, 0.25) is 5.91 Å². The molecule has 1 aromatic rings. The first kappa shape index (κ1) is 10.5. The topological polar surface area (TPSA) is 37.4 Å². The van der Waals surface area contributed by atoms with Crippen LogP contribution in [0.15, 0.2) is 18.2 Å². The van der Waals surface area contributed by atoms with Crippen LogP contribution in [0, 0.1) is 0 Å². The minimum atomic E-state index is 0.121. The normalized spacial score (nSPS) is 22.3. The minimum Gasteiger partial charge on any atom is -0.310 e. The summed E-state index contributed by atoms with van der Waals surface area (Å²) < 4.78 is 0. The number of hydrogen-bond donors (Lipinski definition) is 0. The van der Waals surface area contributed by atoms with Gasteiger partial charge in [-0.05, 0) is 25.5 Å². The van der Waals surface area contributed by atoms with Gasteiger partial charge in [-0.25, -0.2) is 0 Å². The van der Waals surface area contributed by atoms with Crippen molar-refractivity contribution in [2.45, 2.75) is 38.6 Å². The van der Waals surface area contributed by atoms with E-state index in [-0.39, 0.29) is 23.7 Å². The second-order valence-electron chi connectivity index (χ2n) is 5.12. The van der Waals surface area contributed by atoms with Gasteiger partial charge in [-0.15, -0.1) is 0 Å². The third kappa shape index (κ3) is 1.35. The van der Waals surface area contributed by atoms with Crippen molar-refractivity contribution in [1.29, 1.82) is 0 Å². The van der Waals surface area contributed by atoms with Gasteiger partial charge in [0.1, 0.15) is 0 Å². The van der Waals surface area contributed by atoms with Crippen LogP contribution in [0.3, 0.4) is 0 Å². The van der Waals surface area contributed by atoms with Crippen molar-refractivity contribution in [3.8, 4) is 0 Å². The Kier molecular flexibility index (Phi) is 2.12. The average Bonchev–Trinajstić information content (AvgIpc) is 2.56. The van der Waals surface area contributed by atoms with Crippen LogP contribution in [0.1, 0.15) is 48.5 Å². The largest absolute Gasteiger partial charge is 0.310 e. The maximum absolute atomic E-state index is 12.1. The molecule has 1 atom stereocenters. The van der Waals surface area contributed by atoms with E-state index >= 15 is 0 Å². The molecule has 17 heavy (non-hydrogen) atoms. The van der Waals surface area contributed by atoms with E-state index in [9.17, 15) is 9.59 Å². The lowest BCUT2D eigenvalue weighted by Gasteiger charge is -2.34. The molecule has 1 aliphatic carbocycles. The van der Waals surface area contributed by atoms with Crippen molar-refractivity contribution in [2.24, 2.45) is 0 Å². The Morgan fingerprint density at radius 1 is 1.24 bits per heavy atom. The van der Waals surface area contributed by atoms with Crippen LogP contribution >= 0.6 is 0 Å². The molecule has 0 aromatic heterocycles. The lowest BCUT2D eigenvalue weighted by molar-refractivity contribution is -0.119. The first-order valence-electron chi connectivity index (χ1n) is 6.07. The maximum atomic E-state index is 12.1. The third-order valence-electron chi connectivity index (χ3n) is 3.69. The van der Waals surface area contributed by atoms with Crippen molar-refractivity contribution < 1.29 is 9.59 Å². The van der Waals surface area contributed by atoms with Gasteiger partial charge >= 0.3 is 0 Å². The molecule has 1 aliphatic heterocycles. The van der Waals surface area contributed by atoms with E-state index < -0.39 is 0 Å². The maximum Gasteiger partial charge on any atom is 0.227 e. The van der Waals surface area contributed by atoms with E-state index in [0.29, 0.717) is 12.8 Å². The number of rotatable bonds is 1. The van der Waals surface area contributed by atoms with Gasteiger partial charge in [0.05, 0.1) is 0 Å². The number of carbonyl (C=O) groups is 2. The number of benzene rings is 1. The van der Waals surface area contributed by atoms with Crippen LogP contribution in [0.5, 0.6) is 0 Å². The molecule has 3 heteroatoms. The standard InChI is InChI=1S/C14H15NO2/c1-8(2)15-11-5-3-4-10-12(16)6-9(14(10)11)7-13(15)17/h3-5,8-9H,6-7H2,1-2H3. The van der Waals surface area contributed by atoms with E-state index in [1.165, 1.54) is 0 Å². The van der Waals surface area contributed by atoms with Crippen LogP contribution in [0.4, 0.5) is 5.69 Å². The summed E-state index contributed by atoms with van der Waals surface area (Å²) in [7, 11) is 0. The van der Waals surface area contributed by atoms with Crippen LogP contribution in [0.25, 0.3) is 0 Å². The van der Waals surface area contributed by atoms with Crippen molar-refractivity contribution in [3.05, 3.63) is 29.3 Å². The van der Waals surface area contributed by atoms with Crippen molar-refractivity contribution in [2.75, 3.05) is 4.90 Å². The molecular weight excluding hydrogens is 214 g/mol. The minimum absolute atomic E-state index is 0.121. The van der Waals surface area contributed by atoms with E-state index in [0.717, 1.165) is 16.8 Å².